The number of carbonyl (C=O) groups is 1. The van der Waals surface area contributed by atoms with Crippen LogP contribution in [0.4, 0.5) is 0 Å². The molecule has 0 spiro atoms. The van der Waals surface area contributed by atoms with Crippen molar-refractivity contribution in [3.63, 3.8) is 0 Å². The van der Waals surface area contributed by atoms with E-state index in [-0.39, 0.29) is 17.6 Å². The van der Waals surface area contributed by atoms with Gasteiger partial charge in [-0.25, -0.2) is 0 Å². The van der Waals surface area contributed by atoms with Crippen LogP contribution in [0.2, 0.25) is 0 Å². The molecular formula is C12H17NO2. The molecule has 0 bridgehead atoms. The van der Waals surface area contributed by atoms with Gasteiger partial charge in [-0.1, -0.05) is 19.1 Å². The summed E-state index contributed by atoms with van der Waals surface area (Å²) in [5.74, 6) is 0.465. The fourth-order valence-electron chi connectivity index (χ4n) is 1.49. The third kappa shape index (κ3) is 3.36. The van der Waals surface area contributed by atoms with Gasteiger partial charge < -0.3 is 10.4 Å². The third-order valence-corrected chi connectivity index (χ3v) is 2.46. The molecule has 1 unspecified atom stereocenters. The lowest BCUT2D eigenvalue weighted by Crippen LogP contribution is -2.35. The number of Topliss-reactive ketones (excluding diaryl/α,β-unsaturated/α-hetero) is 1. The lowest BCUT2D eigenvalue weighted by Gasteiger charge is -2.13. The Morgan fingerprint density at radius 3 is 2.47 bits per heavy atom. The van der Waals surface area contributed by atoms with Crippen molar-refractivity contribution in [3.05, 3.63) is 29.8 Å². The smallest absolute Gasteiger partial charge is 0.149 e. The third-order valence-electron chi connectivity index (χ3n) is 2.46. The molecule has 0 radical (unpaired) electrons. The summed E-state index contributed by atoms with van der Waals surface area (Å²) in [6.07, 6.45) is 1.22. The molecule has 0 saturated carbocycles. The number of rotatable bonds is 5. The average Bonchev–Trinajstić information content (AvgIpc) is 2.27. The van der Waals surface area contributed by atoms with Crippen LogP contribution < -0.4 is 5.32 Å². The number of hydrogen-bond donors (Lipinski definition) is 2. The van der Waals surface area contributed by atoms with Crippen LogP contribution in [-0.2, 0) is 11.2 Å². The highest BCUT2D eigenvalue weighted by Crippen LogP contribution is 2.11. The molecule has 1 aromatic carbocycles. The normalized spacial score (nSPS) is 12.4. The van der Waals surface area contributed by atoms with Crippen LogP contribution in [0.25, 0.3) is 0 Å². The molecule has 3 nitrogen and oxygen atoms in total. The molecule has 0 aliphatic heterocycles. The van der Waals surface area contributed by atoms with Crippen molar-refractivity contribution < 1.29 is 9.90 Å². The standard InChI is InChI=1S/C12H17NO2/c1-3-12(15)11(13-2)8-9-4-6-10(14)7-5-9/h4-7,11,13-14H,3,8H2,1-2H3. The van der Waals surface area contributed by atoms with Gasteiger partial charge in [0.05, 0.1) is 6.04 Å². The first-order valence-corrected chi connectivity index (χ1v) is 5.15. The predicted octanol–water partition coefficient (Wildman–Crippen LogP) is 1.50. The van der Waals surface area contributed by atoms with E-state index in [9.17, 15) is 4.79 Å². The molecule has 15 heavy (non-hydrogen) atoms. The van der Waals surface area contributed by atoms with Gasteiger partial charge in [0.25, 0.3) is 0 Å². The highest BCUT2D eigenvalue weighted by molar-refractivity contribution is 5.83. The Balaban J connectivity index is 2.66. The number of likely N-dealkylation sites (N-methyl/N-ethyl adjacent to an activating group) is 1. The lowest BCUT2D eigenvalue weighted by atomic mass is 10.0. The first-order chi connectivity index (χ1) is 7.17. The summed E-state index contributed by atoms with van der Waals surface area (Å²) in [5, 5.41) is 12.1. The van der Waals surface area contributed by atoms with Crippen molar-refractivity contribution in [1.82, 2.24) is 5.32 Å². The van der Waals surface area contributed by atoms with Gasteiger partial charge in [0.2, 0.25) is 0 Å². The van der Waals surface area contributed by atoms with E-state index >= 15 is 0 Å². The Morgan fingerprint density at radius 1 is 1.40 bits per heavy atom. The van der Waals surface area contributed by atoms with E-state index in [1.165, 1.54) is 0 Å². The summed E-state index contributed by atoms with van der Waals surface area (Å²) in [6, 6.07) is 6.82. The predicted molar refractivity (Wildman–Crippen MR) is 60.0 cm³/mol. The SMILES string of the molecule is CCC(=O)C(Cc1ccc(O)cc1)NC. The van der Waals surface area contributed by atoms with Crippen LogP contribution in [0.1, 0.15) is 18.9 Å². The summed E-state index contributed by atoms with van der Waals surface area (Å²) in [7, 11) is 1.79. The topological polar surface area (TPSA) is 49.3 Å². The second-order valence-electron chi connectivity index (χ2n) is 3.53. The number of benzene rings is 1. The number of hydrogen-bond acceptors (Lipinski definition) is 3. The molecule has 0 amide bonds. The van der Waals surface area contributed by atoms with Gasteiger partial charge in [-0.15, -0.1) is 0 Å². The molecule has 0 heterocycles. The van der Waals surface area contributed by atoms with E-state index in [2.05, 4.69) is 5.32 Å². The zero-order valence-corrected chi connectivity index (χ0v) is 9.16. The van der Waals surface area contributed by atoms with E-state index in [1.54, 1.807) is 19.2 Å². The fraction of sp³-hybridized carbons (Fsp3) is 0.417. The Kier molecular flexibility index (Phi) is 4.31. The maximum Gasteiger partial charge on any atom is 0.149 e. The van der Waals surface area contributed by atoms with Crippen molar-refractivity contribution in [2.45, 2.75) is 25.8 Å². The molecule has 0 fully saturated rings. The minimum absolute atomic E-state index is 0.125. The maximum atomic E-state index is 11.5. The van der Waals surface area contributed by atoms with Gasteiger partial charge in [-0.3, -0.25) is 4.79 Å². The van der Waals surface area contributed by atoms with Gasteiger partial charge in [0, 0.05) is 6.42 Å². The molecule has 82 valence electrons. The molecule has 0 aliphatic rings. The van der Waals surface area contributed by atoms with Crippen LogP contribution in [-0.4, -0.2) is 24.0 Å². The van der Waals surface area contributed by atoms with Gasteiger partial charge in [-0.05, 0) is 31.2 Å². The van der Waals surface area contributed by atoms with Crippen molar-refractivity contribution >= 4 is 5.78 Å². The Hall–Kier alpha value is -1.35. The number of nitrogens with one attached hydrogen (secondary N) is 1. The number of carbonyl (C=O) groups excluding carboxylic acids is 1. The summed E-state index contributed by atoms with van der Waals surface area (Å²) < 4.78 is 0. The van der Waals surface area contributed by atoms with Crippen molar-refractivity contribution in [2.24, 2.45) is 0 Å². The fourth-order valence-corrected chi connectivity index (χ4v) is 1.49. The summed E-state index contributed by atoms with van der Waals surface area (Å²) in [6.45, 7) is 1.86. The van der Waals surface area contributed by atoms with Crippen LogP contribution in [0.5, 0.6) is 5.75 Å². The minimum Gasteiger partial charge on any atom is -0.508 e. The summed E-state index contributed by atoms with van der Waals surface area (Å²) in [5.41, 5.74) is 1.05. The van der Waals surface area contributed by atoms with Gasteiger partial charge in [-0.2, -0.15) is 0 Å². The van der Waals surface area contributed by atoms with Crippen LogP contribution in [0, 0.1) is 0 Å². The van der Waals surface area contributed by atoms with Gasteiger partial charge in [0.15, 0.2) is 0 Å². The van der Waals surface area contributed by atoms with Crippen molar-refractivity contribution in [1.29, 1.82) is 0 Å². The zero-order valence-electron chi connectivity index (χ0n) is 9.16. The van der Waals surface area contributed by atoms with E-state index in [1.807, 2.05) is 19.1 Å². The molecule has 0 aromatic heterocycles. The van der Waals surface area contributed by atoms with Gasteiger partial charge in [0.1, 0.15) is 11.5 Å². The first kappa shape index (κ1) is 11.7. The van der Waals surface area contributed by atoms with E-state index in [4.69, 9.17) is 5.11 Å². The molecule has 1 aromatic rings. The lowest BCUT2D eigenvalue weighted by molar-refractivity contribution is -0.120. The Labute approximate surface area is 90.1 Å². The second-order valence-corrected chi connectivity index (χ2v) is 3.53. The zero-order chi connectivity index (χ0) is 11.3. The van der Waals surface area contributed by atoms with Crippen molar-refractivity contribution in [3.8, 4) is 5.75 Å². The minimum atomic E-state index is -0.125. The summed E-state index contributed by atoms with van der Waals surface area (Å²) >= 11 is 0. The number of phenols is 1. The van der Waals surface area contributed by atoms with Gasteiger partial charge >= 0.3 is 0 Å². The molecule has 0 saturated heterocycles. The molecule has 1 rings (SSSR count). The largest absolute Gasteiger partial charge is 0.508 e. The molecule has 1 atom stereocenters. The number of aromatic hydroxyl groups is 1. The van der Waals surface area contributed by atoms with E-state index in [0.29, 0.717) is 12.8 Å². The highest BCUT2D eigenvalue weighted by atomic mass is 16.3. The molecular weight excluding hydrogens is 190 g/mol. The maximum absolute atomic E-state index is 11.5. The van der Waals surface area contributed by atoms with E-state index in [0.717, 1.165) is 5.56 Å². The monoisotopic (exact) mass is 207 g/mol. The average molecular weight is 207 g/mol. The highest BCUT2D eigenvalue weighted by Gasteiger charge is 2.14. The second kappa shape index (κ2) is 5.51. The van der Waals surface area contributed by atoms with Crippen molar-refractivity contribution in [2.75, 3.05) is 7.05 Å². The first-order valence-electron chi connectivity index (χ1n) is 5.15. The van der Waals surface area contributed by atoms with Crippen LogP contribution >= 0.6 is 0 Å². The quantitative estimate of drug-likeness (QED) is 0.769. The molecule has 0 aliphatic carbocycles. The number of phenolic OH excluding ortho intramolecular Hbond substituents is 1. The molecule has 3 heteroatoms. The Bertz CT molecular complexity index is 319. The molecule has 2 N–H and O–H groups in total. The van der Waals surface area contributed by atoms with Crippen LogP contribution in [0.3, 0.4) is 0 Å². The Morgan fingerprint density at radius 2 is 2.00 bits per heavy atom. The van der Waals surface area contributed by atoms with E-state index < -0.39 is 0 Å². The number of ketones is 1. The van der Waals surface area contributed by atoms with Crippen LogP contribution in [0.15, 0.2) is 24.3 Å². The summed E-state index contributed by atoms with van der Waals surface area (Å²) in [4.78, 5) is 11.5.